The molecular formula is C11H8F7NO2. The van der Waals surface area contributed by atoms with Crippen LogP contribution in [0.4, 0.5) is 36.4 Å². The molecular weight excluding hydrogens is 311 g/mol. The lowest BCUT2D eigenvalue weighted by atomic mass is 10.2. The standard InChI is InChI=1S/C11H8F7NO2/c1-6-4-2-3-5-7(6)19-8(20)9(12,13)10(14,15)21-11(16,17)18/h2-5H,1H3,(H,19,20). The van der Waals surface area contributed by atoms with Crippen LogP contribution in [0.15, 0.2) is 24.3 Å². The Bertz CT molecular complexity index is 528. The monoisotopic (exact) mass is 319 g/mol. The fourth-order valence-electron chi connectivity index (χ4n) is 1.26. The van der Waals surface area contributed by atoms with Gasteiger partial charge in [-0.15, -0.1) is 13.2 Å². The van der Waals surface area contributed by atoms with E-state index in [4.69, 9.17) is 0 Å². The lowest BCUT2D eigenvalue weighted by molar-refractivity contribution is -0.457. The molecule has 0 aliphatic carbocycles. The van der Waals surface area contributed by atoms with E-state index in [-0.39, 0.29) is 11.3 Å². The second-order valence-corrected chi connectivity index (χ2v) is 3.91. The molecule has 3 nitrogen and oxygen atoms in total. The van der Waals surface area contributed by atoms with Crippen molar-refractivity contribution in [2.45, 2.75) is 25.3 Å². The van der Waals surface area contributed by atoms with Crippen LogP contribution in [-0.2, 0) is 9.53 Å². The third kappa shape index (κ3) is 4.06. The molecule has 1 N–H and O–H groups in total. The van der Waals surface area contributed by atoms with Crippen LogP contribution in [0.5, 0.6) is 0 Å². The molecule has 0 fully saturated rings. The van der Waals surface area contributed by atoms with Gasteiger partial charge in [0.2, 0.25) is 0 Å². The smallest absolute Gasteiger partial charge is 0.320 e. The maximum atomic E-state index is 13.2. The van der Waals surface area contributed by atoms with Crippen molar-refractivity contribution < 1.29 is 40.3 Å². The molecule has 0 unspecified atom stereocenters. The number of para-hydroxylation sites is 1. The first-order chi connectivity index (χ1) is 9.37. The van der Waals surface area contributed by atoms with Gasteiger partial charge in [-0.05, 0) is 18.6 Å². The maximum absolute atomic E-state index is 13.2. The summed E-state index contributed by atoms with van der Waals surface area (Å²) < 4.78 is 88.9. The molecule has 0 radical (unpaired) electrons. The number of carbonyl (C=O) groups excluding carboxylic acids is 1. The highest BCUT2D eigenvalue weighted by Gasteiger charge is 2.67. The minimum atomic E-state index is -6.04. The number of amides is 1. The first kappa shape index (κ1) is 17.2. The number of benzene rings is 1. The van der Waals surface area contributed by atoms with Crippen LogP contribution in [0, 0.1) is 6.92 Å². The molecule has 0 bridgehead atoms. The Morgan fingerprint density at radius 1 is 1.05 bits per heavy atom. The molecule has 0 heterocycles. The van der Waals surface area contributed by atoms with Gasteiger partial charge in [0, 0.05) is 5.69 Å². The molecule has 1 aromatic rings. The molecule has 1 aromatic carbocycles. The number of alkyl halides is 7. The van der Waals surface area contributed by atoms with E-state index in [1.54, 1.807) is 0 Å². The maximum Gasteiger partial charge on any atom is 0.527 e. The number of nitrogens with one attached hydrogen (secondary N) is 1. The summed E-state index contributed by atoms with van der Waals surface area (Å²) in [6.07, 6.45) is -12.1. The second-order valence-electron chi connectivity index (χ2n) is 3.91. The predicted molar refractivity (Wildman–Crippen MR) is 56.8 cm³/mol. The lowest BCUT2D eigenvalue weighted by Crippen LogP contribution is -2.53. The summed E-state index contributed by atoms with van der Waals surface area (Å²) in [5.41, 5.74) is 0.00619. The molecule has 10 heteroatoms. The van der Waals surface area contributed by atoms with Crippen LogP contribution in [0.1, 0.15) is 5.56 Å². The van der Waals surface area contributed by atoms with Gasteiger partial charge < -0.3 is 5.32 Å². The van der Waals surface area contributed by atoms with Gasteiger partial charge >= 0.3 is 24.3 Å². The van der Waals surface area contributed by atoms with Crippen LogP contribution in [0.2, 0.25) is 0 Å². The topological polar surface area (TPSA) is 38.3 Å². The largest absolute Gasteiger partial charge is 0.527 e. The third-order valence-electron chi connectivity index (χ3n) is 2.29. The van der Waals surface area contributed by atoms with Gasteiger partial charge in [-0.3, -0.25) is 4.79 Å². The quantitative estimate of drug-likeness (QED) is 0.860. The summed E-state index contributed by atoms with van der Waals surface area (Å²) in [7, 11) is 0. The van der Waals surface area contributed by atoms with Gasteiger partial charge in [0.15, 0.2) is 0 Å². The average molecular weight is 319 g/mol. The summed E-state index contributed by atoms with van der Waals surface area (Å²) in [5, 5.41) is 1.43. The first-order valence-corrected chi connectivity index (χ1v) is 5.26. The zero-order chi connectivity index (χ0) is 16.5. The zero-order valence-corrected chi connectivity index (χ0v) is 10.3. The Labute approximate surface area is 113 Å². The van der Waals surface area contributed by atoms with Crippen molar-refractivity contribution in [1.82, 2.24) is 0 Å². The average Bonchev–Trinajstić information content (AvgIpc) is 2.28. The molecule has 1 amide bonds. The third-order valence-corrected chi connectivity index (χ3v) is 2.29. The van der Waals surface area contributed by atoms with E-state index in [2.05, 4.69) is 0 Å². The van der Waals surface area contributed by atoms with Crippen molar-refractivity contribution >= 4 is 11.6 Å². The van der Waals surface area contributed by atoms with Gasteiger partial charge in [-0.25, -0.2) is 4.74 Å². The highest BCUT2D eigenvalue weighted by Crippen LogP contribution is 2.40. The van der Waals surface area contributed by atoms with Crippen molar-refractivity contribution in [3.63, 3.8) is 0 Å². The summed E-state index contributed by atoms with van der Waals surface area (Å²) in [6, 6.07) is 5.28. The number of halogens is 7. The number of hydrogen-bond acceptors (Lipinski definition) is 2. The van der Waals surface area contributed by atoms with E-state index in [0.717, 1.165) is 6.07 Å². The first-order valence-electron chi connectivity index (χ1n) is 5.26. The highest BCUT2D eigenvalue weighted by atomic mass is 19.4. The lowest BCUT2D eigenvalue weighted by Gasteiger charge is -2.25. The molecule has 0 atom stereocenters. The van der Waals surface area contributed by atoms with Crippen molar-refractivity contribution in [2.75, 3.05) is 5.32 Å². The van der Waals surface area contributed by atoms with Gasteiger partial charge in [0.05, 0.1) is 0 Å². The number of hydrogen-bond donors (Lipinski definition) is 1. The summed E-state index contributed by atoms with van der Waals surface area (Å²) in [4.78, 5) is 11.1. The highest BCUT2D eigenvalue weighted by molar-refractivity contribution is 5.97. The molecule has 0 aliphatic rings. The molecule has 118 valence electrons. The molecule has 0 saturated carbocycles. The fourth-order valence-corrected chi connectivity index (χ4v) is 1.26. The van der Waals surface area contributed by atoms with Crippen LogP contribution in [-0.4, -0.2) is 24.3 Å². The van der Waals surface area contributed by atoms with Crippen LogP contribution >= 0.6 is 0 Å². The number of carbonyl (C=O) groups is 1. The van der Waals surface area contributed by atoms with E-state index in [1.165, 1.54) is 30.4 Å². The fraction of sp³-hybridized carbons (Fsp3) is 0.364. The van der Waals surface area contributed by atoms with Gasteiger partial charge in [0.1, 0.15) is 0 Å². The molecule has 0 aliphatic heterocycles. The molecule has 0 spiro atoms. The molecule has 0 saturated heterocycles. The van der Waals surface area contributed by atoms with E-state index < -0.39 is 24.3 Å². The van der Waals surface area contributed by atoms with E-state index >= 15 is 0 Å². The number of rotatable bonds is 4. The Balaban J connectivity index is 2.96. The van der Waals surface area contributed by atoms with Crippen molar-refractivity contribution in [3.8, 4) is 0 Å². The number of ether oxygens (including phenoxy) is 1. The Kier molecular flexibility index (Phi) is 4.51. The van der Waals surface area contributed by atoms with E-state index in [9.17, 15) is 35.5 Å². The SMILES string of the molecule is Cc1ccccc1NC(=O)C(F)(F)C(F)(F)OC(F)(F)F. The van der Waals surface area contributed by atoms with Crippen molar-refractivity contribution in [2.24, 2.45) is 0 Å². The Morgan fingerprint density at radius 3 is 2.05 bits per heavy atom. The van der Waals surface area contributed by atoms with Crippen LogP contribution in [0.25, 0.3) is 0 Å². The van der Waals surface area contributed by atoms with Gasteiger partial charge in [-0.2, -0.15) is 17.6 Å². The van der Waals surface area contributed by atoms with Gasteiger partial charge in [0.25, 0.3) is 0 Å². The molecule has 0 aromatic heterocycles. The van der Waals surface area contributed by atoms with Crippen molar-refractivity contribution in [3.05, 3.63) is 29.8 Å². The van der Waals surface area contributed by atoms with E-state index in [0.29, 0.717) is 0 Å². The van der Waals surface area contributed by atoms with Crippen molar-refractivity contribution in [1.29, 1.82) is 0 Å². The zero-order valence-electron chi connectivity index (χ0n) is 10.3. The molecule has 1 rings (SSSR count). The molecule has 21 heavy (non-hydrogen) atoms. The minimum Gasteiger partial charge on any atom is -0.320 e. The minimum absolute atomic E-state index is 0.245. The van der Waals surface area contributed by atoms with Crippen LogP contribution in [0.3, 0.4) is 0 Å². The van der Waals surface area contributed by atoms with Crippen LogP contribution < -0.4 is 5.32 Å². The van der Waals surface area contributed by atoms with Gasteiger partial charge in [-0.1, -0.05) is 18.2 Å². The Hall–Kier alpha value is -1.84. The Morgan fingerprint density at radius 2 is 1.57 bits per heavy atom. The summed E-state index contributed by atoms with van der Waals surface area (Å²) in [6.45, 7) is 1.37. The number of anilines is 1. The summed E-state index contributed by atoms with van der Waals surface area (Å²) >= 11 is 0. The normalized spacial score (nSPS) is 13.1. The summed E-state index contributed by atoms with van der Waals surface area (Å²) in [5.74, 6) is -8.34. The predicted octanol–water partition coefficient (Wildman–Crippen LogP) is 3.70. The number of aryl methyl sites for hydroxylation is 1. The second kappa shape index (κ2) is 5.51. The van der Waals surface area contributed by atoms with E-state index in [1.807, 2.05) is 4.74 Å².